The summed E-state index contributed by atoms with van der Waals surface area (Å²) >= 11 is 0. The molecule has 0 bridgehead atoms. The van der Waals surface area contributed by atoms with Gasteiger partial charge in [0.05, 0.1) is 11.0 Å². The van der Waals surface area contributed by atoms with Gasteiger partial charge in [-0.05, 0) is 51.4 Å². The summed E-state index contributed by atoms with van der Waals surface area (Å²) in [5, 5.41) is 3.07. The van der Waals surface area contributed by atoms with Gasteiger partial charge in [0.15, 0.2) is 0 Å². The molecule has 2 heterocycles. The fourth-order valence-corrected chi connectivity index (χ4v) is 3.97. The smallest absolute Gasteiger partial charge is 0.329 e. The van der Waals surface area contributed by atoms with Crippen LogP contribution in [0.25, 0.3) is 11.0 Å². The van der Waals surface area contributed by atoms with E-state index in [1.54, 1.807) is 9.13 Å². The fraction of sp³-hybridized carbons (Fsp3) is 0.600. The highest BCUT2D eigenvalue weighted by Crippen LogP contribution is 2.14. The van der Waals surface area contributed by atoms with Gasteiger partial charge in [0.2, 0.25) is 5.91 Å². The van der Waals surface area contributed by atoms with Crippen LogP contribution in [0.15, 0.2) is 29.1 Å². The van der Waals surface area contributed by atoms with Gasteiger partial charge in [0, 0.05) is 32.1 Å². The number of likely N-dealkylation sites (tertiary alicyclic amines) is 1. The number of nitrogens with zero attached hydrogens (tertiary/aromatic N) is 3. The van der Waals surface area contributed by atoms with Crippen LogP contribution in [0.4, 0.5) is 0 Å². The quantitative estimate of drug-likeness (QED) is 0.787. The largest absolute Gasteiger partial charge is 0.354 e. The van der Waals surface area contributed by atoms with Gasteiger partial charge < -0.3 is 5.32 Å². The van der Waals surface area contributed by atoms with Gasteiger partial charge in [-0.15, -0.1) is 0 Å². The second kappa shape index (κ2) is 8.54. The molecule has 1 N–H and O–H groups in total. The molecule has 3 rings (SSSR count). The molecule has 1 fully saturated rings. The average molecular weight is 358 g/mol. The zero-order valence-electron chi connectivity index (χ0n) is 15.9. The lowest BCUT2D eigenvalue weighted by atomic mass is 10.2. The van der Waals surface area contributed by atoms with Gasteiger partial charge in [0.1, 0.15) is 0 Å². The number of nitrogens with one attached hydrogen (secondary N) is 1. The highest BCUT2D eigenvalue weighted by atomic mass is 16.2. The number of para-hydroxylation sites is 2. The standard InChI is InChI=1S/C20H30N4O2/c1-3-16(22-12-7-8-13-22)15-21-19(25)11-14-24-18-10-6-5-9-17(18)23(4-2)20(24)26/h5-6,9-10,16H,3-4,7-8,11-15H2,1-2H3,(H,21,25). The lowest BCUT2D eigenvalue weighted by Crippen LogP contribution is -2.42. The Bertz CT molecular complexity index is 802. The molecule has 6 heteroatoms. The van der Waals surface area contributed by atoms with Gasteiger partial charge in [-0.3, -0.25) is 18.8 Å². The third-order valence-corrected chi connectivity index (χ3v) is 5.47. The van der Waals surface area contributed by atoms with Crippen molar-refractivity contribution in [3.63, 3.8) is 0 Å². The first-order valence-corrected chi connectivity index (χ1v) is 9.84. The molecule has 6 nitrogen and oxygen atoms in total. The summed E-state index contributed by atoms with van der Waals surface area (Å²) < 4.78 is 3.48. The maximum Gasteiger partial charge on any atom is 0.329 e. The number of hydrogen-bond donors (Lipinski definition) is 1. The van der Waals surface area contributed by atoms with E-state index in [-0.39, 0.29) is 11.6 Å². The Kier molecular flexibility index (Phi) is 6.14. The predicted molar refractivity (Wildman–Crippen MR) is 104 cm³/mol. The van der Waals surface area contributed by atoms with Crippen LogP contribution >= 0.6 is 0 Å². The number of fused-ring (bicyclic) bond motifs is 1. The number of benzene rings is 1. The number of hydrogen-bond acceptors (Lipinski definition) is 3. The van der Waals surface area contributed by atoms with E-state index in [0.717, 1.165) is 30.5 Å². The Morgan fingerprint density at radius 1 is 1.12 bits per heavy atom. The Labute approximate surface area is 154 Å². The van der Waals surface area contributed by atoms with E-state index in [4.69, 9.17) is 0 Å². The van der Waals surface area contributed by atoms with Crippen molar-refractivity contribution >= 4 is 16.9 Å². The van der Waals surface area contributed by atoms with E-state index in [0.29, 0.717) is 32.1 Å². The number of aromatic nitrogens is 2. The Morgan fingerprint density at radius 2 is 1.77 bits per heavy atom. The highest BCUT2D eigenvalue weighted by molar-refractivity contribution is 5.78. The molecule has 1 aromatic heterocycles. The van der Waals surface area contributed by atoms with Crippen LogP contribution in [-0.4, -0.2) is 45.6 Å². The summed E-state index contributed by atoms with van der Waals surface area (Å²) in [6.07, 6.45) is 3.89. The molecule has 1 saturated heterocycles. The van der Waals surface area contributed by atoms with Crippen LogP contribution in [-0.2, 0) is 17.9 Å². The minimum absolute atomic E-state index is 0.0166. The molecule has 1 unspecified atom stereocenters. The number of aryl methyl sites for hydroxylation is 2. The van der Waals surface area contributed by atoms with Crippen LogP contribution in [0.3, 0.4) is 0 Å². The van der Waals surface area contributed by atoms with E-state index >= 15 is 0 Å². The maximum atomic E-state index is 12.6. The van der Waals surface area contributed by atoms with Crippen LogP contribution in [0.1, 0.15) is 39.5 Å². The summed E-state index contributed by atoms with van der Waals surface area (Å²) in [4.78, 5) is 27.4. The zero-order valence-corrected chi connectivity index (χ0v) is 15.9. The Hall–Kier alpha value is -2.08. The molecule has 0 saturated carbocycles. The monoisotopic (exact) mass is 358 g/mol. The van der Waals surface area contributed by atoms with Crippen LogP contribution in [0, 0.1) is 0 Å². The molecule has 0 spiro atoms. The summed E-state index contributed by atoms with van der Waals surface area (Å²) in [5.41, 5.74) is 1.79. The molecule has 26 heavy (non-hydrogen) atoms. The lowest BCUT2D eigenvalue weighted by molar-refractivity contribution is -0.121. The number of amides is 1. The molecular formula is C20H30N4O2. The molecule has 2 aromatic rings. The van der Waals surface area contributed by atoms with Crippen molar-refractivity contribution in [1.82, 2.24) is 19.4 Å². The number of imidazole rings is 1. The Balaban J connectivity index is 1.60. The lowest BCUT2D eigenvalue weighted by Gasteiger charge is -2.26. The first-order valence-electron chi connectivity index (χ1n) is 9.84. The maximum absolute atomic E-state index is 12.6. The molecule has 142 valence electrons. The first kappa shape index (κ1) is 18.7. The molecule has 1 aromatic carbocycles. The second-order valence-electron chi connectivity index (χ2n) is 7.03. The van der Waals surface area contributed by atoms with Gasteiger partial charge in [-0.2, -0.15) is 0 Å². The number of carbonyl (C=O) groups is 1. The average Bonchev–Trinajstić information content (AvgIpc) is 3.27. The van der Waals surface area contributed by atoms with E-state index in [2.05, 4.69) is 17.1 Å². The molecule has 0 aliphatic carbocycles. The van der Waals surface area contributed by atoms with Crippen molar-refractivity contribution in [2.75, 3.05) is 19.6 Å². The van der Waals surface area contributed by atoms with E-state index in [9.17, 15) is 9.59 Å². The Morgan fingerprint density at radius 3 is 2.38 bits per heavy atom. The second-order valence-corrected chi connectivity index (χ2v) is 7.03. The molecule has 1 aliphatic heterocycles. The molecule has 0 radical (unpaired) electrons. The van der Waals surface area contributed by atoms with Crippen molar-refractivity contribution in [2.45, 2.75) is 58.7 Å². The summed E-state index contributed by atoms with van der Waals surface area (Å²) in [7, 11) is 0. The van der Waals surface area contributed by atoms with E-state index < -0.39 is 0 Å². The van der Waals surface area contributed by atoms with Crippen LogP contribution in [0.2, 0.25) is 0 Å². The van der Waals surface area contributed by atoms with Crippen molar-refractivity contribution < 1.29 is 4.79 Å². The topological polar surface area (TPSA) is 59.3 Å². The van der Waals surface area contributed by atoms with Crippen molar-refractivity contribution in [1.29, 1.82) is 0 Å². The molecule has 1 atom stereocenters. The van der Waals surface area contributed by atoms with Crippen molar-refractivity contribution in [3.05, 3.63) is 34.7 Å². The third-order valence-electron chi connectivity index (χ3n) is 5.47. The summed E-state index contributed by atoms with van der Waals surface area (Å²) in [6.45, 7) is 8.16. The molecule has 1 amide bonds. The minimum Gasteiger partial charge on any atom is -0.354 e. The highest BCUT2D eigenvalue weighted by Gasteiger charge is 2.21. The van der Waals surface area contributed by atoms with Crippen LogP contribution < -0.4 is 11.0 Å². The van der Waals surface area contributed by atoms with Gasteiger partial charge in [0.25, 0.3) is 0 Å². The minimum atomic E-state index is -0.0370. The summed E-state index contributed by atoms with van der Waals surface area (Å²) in [6, 6.07) is 8.19. The number of carbonyl (C=O) groups excluding carboxylic acids is 1. The van der Waals surface area contributed by atoms with Crippen LogP contribution in [0.5, 0.6) is 0 Å². The van der Waals surface area contributed by atoms with E-state index in [1.807, 2.05) is 31.2 Å². The van der Waals surface area contributed by atoms with Gasteiger partial charge >= 0.3 is 5.69 Å². The number of rotatable bonds is 8. The first-order chi connectivity index (χ1) is 12.7. The SMILES string of the molecule is CCC(CNC(=O)CCn1c(=O)n(CC)c2ccccc21)N1CCCC1. The van der Waals surface area contributed by atoms with Crippen molar-refractivity contribution in [2.24, 2.45) is 0 Å². The molecule has 1 aliphatic rings. The molecular weight excluding hydrogens is 328 g/mol. The van der Waals surface area contributed by atoms with Crippen molar-refractivity contribution in [3.8, 4) is 0 Å². The van der Waals surface area contributed by atoms with Gasteiger partial charge in [-0.25, -0.2) is 4.79 Å². The van der Waals surface area contributed by atoms with Gasteiger partial charge in [-0.1, -0.05) is 19.1 Å². The normalized spacial score (nSPS) is 16.2. The third kappa shape index (κ3) is 3.85. The summed E-state index contributed by atoms with van der Waals surface area (Å²) in [5.74, 6) is 0.0166. The predicted octanol–water partition coefficient (Wildman–Crippen LogP) is 2.20. The zero-order chi connectivity index (χ0) is 18.5. The fourth-order valence-electron chi connectivity index (χ4n) is 3.97. The van der Waals surface area contributed by atoms with E-state index in [1.165, 1.54) is 12.8 Å².